The molecular formula is C17H12N4O2. The van der Waals surface area contributed by atoms with Gasteiger partial charge in [0.1, 0.15) is 11.8 Å². The molecule has 112 valence electrons. The average molecular weight is 304 g/mol. The van der Waals surface area contributed by atoms with Crippen molar-refractivity contribution in [1.82, 2.24) is 15.0 Å². The summed E-state index contributed by atoms with van der Waals surface area (Å²) < 4.78 is 12.4. The average Bonchev–Trinajstić information content (AvgIpc) is 3.21. The van der Waals surface area contributed by atoms with Crippen LogP contribution in [-0.2, 0) is 0 Å². The van der Waals surface area contributed by atoms with Crippen LogP contribution in [0.4, 0.5) is 0 Å². The van der Waals surface area contributed by atoms with Gasteiger partial charge in [-0.3, -0.25) is 0 Å². The minimum Gasteiger partial charge on any atom is -0.454 e. The first-order valence-electron chi connectivity index (χ1n) is 7.09. The van der Waals surface area contributed by atoms with Crippen molar-refractivity contribution in [2.75, 3.05) is 6.79 Å². The molecule has 1 aromatic heterocycles. The van der Waals surface area contributed by atoms with E-state index in [0.29, 0.717) is 17.2 Å². The van der Waals surface area contributed by atoms with Crippen LogP contribution in [-0.4, -0.2) is 21.8 Å². The van der Waals surface area contributed by atoms with E-state index in [1.165, 1.54) is 0 Å². The van der Waals surface area contributed by atoms with Crippen molar-refractivity contribution in [3.8, 4) is 34.5 Å². The molecule has 6 nitrogen and oxygen atoms in total. The second-order valence-electron chi connectivity index (χ2n) is 5.21. The Balaban J connectivity index is 1.89. The highest BCUT2D eigenvalue weighted by molar-refractivity contribution is 5.70. The van der Waals surface area contributed by atoms with Crippen LogP contribution in [0.3, 0.4) is 0 Å². The summed E-state index contributed by atoms with van der Waals surface area (Å²) in [5.41, 5.74) is 3.70. The first kappa shape index (κ1) is 13.3. The van der Waals surface area contributed by atoms with Gasteiger partial charge in [0.25, 0.3) is 0 Å². The molecule has 1 aliphatic rings. The topological polar surface area (TPSA) is 73.0 Å². The smallest absolute Gasteiger partial charge is 0.231 e. The van der Waals surface area contributed by atoms with Crippen molar-refractivity contribution < 1.29 is 9.47 Å². The first-order chi connectivity index (χ1) is 11.3. The molecule has 1 aliphatic heterocycles. The maximum Gasteiger partial charge on any atom is 0.231 e. The zero-order valence-electron chi connectivity index (χ0n) is 12.4. The van der Waals surface area contributed by atoms with Gasteiger partial charge in [-0.1, -0.05) is 22.9 Å². The monoisotopic (exact) mass is 304 g/mol. The summed E-state index contributed by atoms with van der Waals surface area (Å²) in [5, 5.41) is 17.5. The van der Waals surface area contributed by atoms with Crippen LogP contribution in [0.5, 0.6) is 11.5 Å². The normalized spacial score (nSPS) is 12.2. The fraction of sp³-hybridized carbons (Fsp3) is 0.118. The Morgan fingerprint density at radius 1 is 1.09 bits per heavy atom. The van der Waals surface area contributed by atoms with Crippen LogP contribution in [0.1, 0.15) is 11.3 Å². The Hall–Kier alpha value is -3.33. The molecule has 0 unspecified atom stereocenters. The van der Waals surface area contributed by atoms with Crippen LogP contribution in [0.15, 0.2) is 42.5 Å². The number of nitrogens with zero attached hydrogens (tertiary/aromatic N) is 4. The highest BCUT2D eigenvalue weighted by Crippen LogP contribution is 2.36. The number of hydrogen-bond acceptors (Lipinski definition) is 5. The van der Waals surface area contributed by atoms with Gasteiger partial charge in [-0.05, 0) is 37.3 Å². The van der Waals surface area contributed by atoms with Crippen molar-refractivity contribution in [1.29, 1.82) is 5.26 Å². The molecule has 2 heterocycles. The molecule has 0 radical (unpaired) electrons. The van der Waals surface area contributed by atoms with E-state index in [0.717, 1.165) is 16.8 Å². The minimum absolute atomic E-state index is 0.208. The van der Waals surface area contributed by atoms with Crippen LogP contribution in [0.2, 0.25) is 0 Å². The maximum atomic E-state index is 9.36. The highest BCUT2D eigenvalue weighted by atomic mass is 16.7. The summed E-state index contributed by atoms with van der Waals surface area (Å²) in [6.45, 7) is 2.23. The molecule has 0 bridgehead atoms. The van der Waals surface area contributed by atoms with Gasteiger partial charge >= 0.3 is 0 Å². The number of benzene rings is 2. The van der Waals surface area contributed by atoms with Gasteiger partial charge < -0.3 is 9.47 Å². The van der Waals surface area contributed by atoms with Gasteiger partial charge in [-0.15, -0.1) is 5.10 Å². The predicted molar refractivity (Wildman–Crippen MR) is 82.4 cm³/mol. The number of nitriles is 1. The van der Waals surface area contributed by atoms with Gasteiger partial charge in [0.05, 0.1) is 5.69 Å². The second kappa shape index (κ2) is 5.14. The molecule has 0 amide bonds. The van der Waals surface area contributed by atoms with Gasteiger partial charge in [0.15, 0.2) is 17.2 Å². The predicted octanol–water partition coefficient (Wildman–Crippen LogP) is 2.84. The summed E-state index contributed by atoms with van der Waals surface area (Å²) in [6.07, 6.45) is 0. The lowest BCUT2D eigenvalue weighted by Crippen LogP contribution is -2.00. The van der Waals surface area contributed by atoms with E-state index in [4.69, 9.17) is 9.47 Å². The number of hydrogen-bond donors (Lipinski definition) is 0. The van der Waals surface area contributed by atoms with Crippen molar-refractivity contribution >= 4 is 0 Å². The molecule has 23 heavy (non-hydrogen) atoms. The number of rotatable bonds is 2. The Labute approximate surface area is 132 Å². The minimum atomic E-state index is 0.208. The third-order valence-electron chi connectivity index (χ3n) is 3.70. The number of aromatic nitrogens is 3. The van der Waals surface area contributed by atoms with Crippen molar-refractivity contribution in [3.63, 3.8) is 0 Å². The molecule has 3 aromatic rings. The number of fused-ring (bicyclic) bond motifs is 1. The van der Waals surface area contributed by atoms with Crippen molar-refractivity contribution in [2.24, 2.45) is 0 Å². The van der Waals surface area contributed by atoms with E-state index in [1.807, 2.05) is 49.4 Å². The SMILES string of the molecule is Cc1ccc(-n2nnc(C#N)c2-c2ccc3c(c2)OCO3)cc1. The molecule has 0 N–H and O–H groups in total. The van der Waals surface area contributed by atoms with Gasteiger partial charge in [-0.2, -0.15) is 5.26 Å². The molecule has 0 atom stereocenters. The van der Waals surface area contributed by atoms with E-state index < -0.39 is 0 Å². The molecule has 0 spiro atoms. The van der Waals surface area contributed by atoms with Crippen molar-refractivity contribution in [2.45, 2.75) is 6.92 Å². The summed E-state index contributed by atoms with van der Waals surface area (Å²) in [6, 6.07) is 15.5. The largest absolute Gasteiger partial charge is 0.454 e. The zero-order valence-corrected chi connectivity index (χ0v) is 12.4. The molecule has 0 saturated carbocycles. The van der Waals surface area contributed by atoms with Crippen LogP contribution in [0.25, 0.3) is 16.9 Å². The van der Waals surface area contributed by atoms with Crippen molar-refractivity contribution in [3.05, 3.63) is 53.7 Å². The third-order valence-corrected chi connectivity index (χ3v) is 3.70. The van der Waals surface area contributed by atoms with E-state index >= 15 is 0 Å². The molecule has 2 aromatic carbocycles. The summed E-state index contributed by atoms with van der Waals surface area (Å²) >= 11 is 0. The Morgan fingerprint density at radius 2 is 1.87 bits per heavy atom. The van der Waals surface area contributed by atoms with E-state index in [2.05, 4.69) is 16.4 Å². The van der Waals surface area contributed by atoms with E-state index in [-0.39, 0.29) is 12.5 Å². The number of ether oxygens (including phenoxy) is 2. The van der Waals surface area contributed by atoms with Gasteiger partial charge in [-0.25, -0.2) is 4.68 Å². The maximum absolute atomic E-state index is 9.36. The summed E-state index contributed by atoms with van der Waals surface area (Å²) in [7, 11) is 0. The highest BCUT2D eigenvalue weighted by Gasteiger charge is 2.20. The summed E-state index contributed by atoms with van der Waals surface area (Å²) in [5.74, 6) is 1.35. The molecular weight excluding hydrogens is 292 g/mol. The van der Waals surface area contributed by atoms with E-state index in [9.17, 15) is 5.26 Å². The summed E-state index contributed by atoms with van der Waals surface area (Å²) in [4.78, 5) is 0. The molecule has 0 fully saturated rings. The molecule has 6 heteroatoms. The zero-order chi connectivity index (χ0) is 15.8. The fourth-order valence-corrected chi connectivity index (χ4v) is 2.53. The second-order valence-corrected chi connectivity index (χ2v) is 5.21. The Morgan fingerprint density at radius 3 is 2.65 bits per heavy atom. The van der Waals surface area contributed by atoms with Crippen LogP contribution >= 0.6 is 0 Å². The first-order valence-corrected chi connectivity index (χ1v) is 7.09. The fourth-order valence-electron chi connectivity index (χ4n) is 2.53. The number of aryl methyl sites for hydroxylation is 1. The van der Waals surface area contributed by atoms with E-state index in [1.54, 1.807) is 4.68 Å². The van der Waals surface area contributed by atoms with Crippen LogP contribution < -0.4 is 9.47 Å². The Kier molecular flexibility index (Phi) is 2.98. The third kappa shape index (κ3) is 2.19. The molecule has 4 rings (SSSR count). The standard InChI is InChI=1S/C17H12N4O2/c1-11-2-5-13(6-3-11)21-17(14(9-18)19-20-21)12-4-7-15-16(8-12)23-10-22-15/h2-8H,10H2,1H3. The molecule has 0 saturated heterocycles. The van der Waals surface area contributed by atoms with Gasteiger partial charge in [0, 0.05) is 5.56 Å². The lowest BCUT2D eigenvalue weighted by Gasteiger charge is -2.08. The Bertz CT molecular complexity index is 923. The van der Waals surface area contributed by atoms with Crippen LogP contribution in [0, 0.1) is 18.3 Å². The lowest BCUT2D eigenvalue weighted by molar-refractivity contribution is 0.174. The lowest BCUT2D eigenvalue weighted by atomic mass is 10.1. The quantitative estimate of drug-likeness (QED) is 0.728. The molecule has 0 aliphatic carbocycles. The van der Waals surface area contributed by atoms with Gasteiger partial charge in [0.2, 0.25) is 6.79 Å².